The highest BCUT2D eigenvalue weighted by Gasteiger charge is 2.28. The van der Waals surface area contributed by atoms with Crippen LogP contribution >= 0.6 is 11.3 Å². The van der Waals surface area contributed by atoms with Gasteiger partial charge in [0.2, 0.25) is 5.91 Å². The summed E-state index contributed by atoms with van der Waals surface area (Å²) < 4.78 is 35.0. The van der Waals surface area contributed by atoms with E-state index in [0.717, 1.165) is 11.3 Å². The van der Waals surface area contributed by atoms with Gasteiger partial charge in [-0.1, -0.05) is 6.07 Å². The molecule has 0 spiro atoms. The summed E-state index contributed by atoms with van der Waals surface area (Å²) in [6.07, 6.45) is -2.95. The van der Waals surface area contributed by atoms with Gasteiger partial charge in [0.25, 0.3) is 0 Å². The molecular formula is C10H12F3NO2S. The van der Waals surface area contributed by atoms with Gasteiger partial charge in [-0.3, -0.25) is 9.63 Å². The highest BCUT2D eigenvalue weighted by molar-refractivity contribution is 7.09. The molecule has 1 rings (SSSR count). The number of thiophene rings is 1. The molecule has 0 saturated carbocycles. The van der Waals surface area contributed by atoms with Gasteiger partial charge in [-0.05, 0) is 24.3 Å². The summed E-state index contributed by atoms with van der Waals surface area (Å²) in [5.74, 6) is -0.536. The normalized spacial score (nSPS) is 11.5. The number of hydrogen-bond donors (Lipinski definition) is 1. The third kappa shape index (κ3) is 6.96. The van der Waals surface area contributed by atoms with E-state index < -0.39 is 18.7 Å². The van der Waals surface area contributed by atoms with Crippen LogP contribution in [-0.2, 0) is 16.1 Å². The van der Waals surface area contributed by atoms with Gasteiger partial charge in [-0.25, -0.2) is 5.48 Å². The maximum atomic E-state index is 11.7. The van der Waals surface area contributed by atoms with E-state index in [-0.39, 0.29) is 6.42 Å². The summed E-state index contributed by atoms with van der Waals surface area (Å²) in [7, 11) is 0. The predicted octanol–water partition coefficient (Wildman–Crippen LogP) is 2.68. The van der Waals surface area contributed by atoms with Crippen molar-refractivity contribution in [1.82, 2.24) is 5.48 Å². The van der Waals surface area contributed by atoms with Gasteiger partial charge in [0.1, 0.15) is 0 Å². The Hall–Kier alpha value is -1.08. The van der Waals surface area contributed by atoms with Crippen LogP contribution in [-0.4, -0.2) is 18.7 Å². The summed E-state index contributed by atoms with van der Waals surface area (Å²) in [6, 6.07) is 3.86. The summed E-state index contributed by atoms with van der Waals surface area (Å²) in [4.78, 5) is 16.2. The summed E-state index contributed by atoms with van der Waals surface area (Å²) in [6.45, 7) is -1.47. The Morgan fingerprint density at radius 3 is 2.82 bits per heavy atom. The van der Waals surface area contributed by atoms with Crippen molar-refractivity contribution in [2.75, 3.05) is 6.61 Å². The maximum Gasteiger partial charge on any atom is 0.414 e. The third-order valence-corrected chi connectivity index (χ3v) is 2.77. The molecule has 0 unspecified atom stereocenters. The minimum absolute atomic E-state index is 0.149. The van der Waals surface area contributed by atoms with E-state index in [4.69, 9.17) is 0 Å². The van der Waals surface area contributed by atoms with Gasteiger partial charge in [-0.15, -0.1) is 11.3 Å². The van der Waals surface area contributed by atoms with Crippen molar-refractivity contribution in [3.63, 3.8) is 0 Å². The fourth-order valence-corrected chi connectivity index (χ4v) is 1.88. The number of hydroxylamine groups is 1. The van der Waals surface area contributed by atoms with Crippen LogP contribution in [0.2, 0.25) is 0 Å². The van der Waals surface area contributed by atoms with E-state index in [1.165, 1.54) is 0 Å². The van der Waals surface area contributed by atoms with Crippen molar-refractivity contribution in [1.29, 1.82) is 0 Å². The second-order valence-electron chi connectivity index (χ2n) is 3.36. The van der Waals surface area contributed by atoms with Crippen molar-refractivity contribution in [3.8, 4) is 0 Å². The Morgan fingerprint density at radius 1 is 1.47 bits per heavy atom. The standard InChI is InChI=1S/C10H12F3NO2S/c11-10(12,13)7-16-14-9(15)5-1-3-8-4-2-6-17-8/h2,4,6H,1,3,5,7H2,(H,14,15). The van der Waals surface area contributed by atoms with Crippen molar-refractivity contribution >= 4 is 17.2 Å². The van der Waals surface area contributed by atoms with Crippen LogP contribution in [0.5, 0.6) is 0 Å². The molecule has 1 aromatic heterocycles. The molecule has 0 bridgehead atoms. The molecule has 0 aliphatic rings. The molecule has 1 amide bonds. The lowest BCUT2D eigenvalue weighted by atomic mass is 10.2. The van der Waals surface area contributed by atoms with E-state index in [1.807, 2.05) is 17.5 Å². The summed E-state index contributed by atoms with van der Waals surface area (Å²) in [5, 5.41) is 1.93. The zero-order chi connectivity index (χ0) is 12.7. The number of alkyl halides is 3. The highest BCUT2D eigenvalue weighted by atomic mass is 32.1. The maximum absolute atomic E-state index is 11.7. The largest absolute Gasteiger partial charge is 0.414 e. The molecule has 96 valence electrons. The van der Waals surface area contributed by atoms with E-state index in [1.54, 1.807) is 16.8 Å². The van der Waals surface area contributed by atoms with Crippen molar-refractivity contribution in [3.05, 3.63) is 22.4 Å². The number of carbonyl (C=O) groups is 1. The van der Waals surface area contributed by atoms with Crippen LogP contribution in [0.1, 0.15) is 17.7 Å². The minimum atomic E-state index is -4.43. The number of hydrogen-bond acceptors (Lipinski definition) is 3. The van der Waals surface area contributed by atoms with Crippen molar-refractivity contribution in [2.24, 2.45) is 0 Å². The first-order chi connectivity index (χ1) is 7.97. The first-order valence-corrected chi connectivity index (χ1v) is 5.85. The van der Waals surface area contributed by atoms with Gasteiger partial charge < -0.3 is 0 Å². The van der Waals surface area contributed by atoms with Gasteiger partial charge in [0, 0.05) is 11.3 Å². The molecule has 0 fully saturated rings. The molecule has 1 aromatic rings. The van der Waals surface area contributed by atoms with E-state index in [9.17, 15) is 18.0 Å². The zero-order valence-electron chi connectivity index (χ0n) is 8.92. The lowest BCUT2D eigenvalue weighted by Gasteiger charge is -2.07. The number of aryl methyl sites for hydroxylation is 1. The van der Waals surface area contributed by atoms with Crippen molar-refractivity contribution in [2.45, 2.75) is 25.4 Å². The molecule has 0 aliphatic heterocycles. The Kier molecular flexibility index (Phi) is 5.43. The molecule has 3 nitrogen and oxygen atoms in total. The Balaban J connectivity index is 2.05. The SMILES string of the molecule is O=C(CCCc1cccs1)NOCC(F)(F)F. The first-order valence-electron chi connectivity index (χ1n) is 4.97. The van der Waals surface area contributed by atoms with E-state index in [0.29, 0.717) is 6.42 Å². The first kappa shape index (κ1) is 14.0. The number of carbonyl (C=O) groups excluding carboxylic acids is 1. The molecule has 1 N–H and O–H groups in total. The van der Waals surface area contributed by atoms with Gasteiger partial charge in [0.15, 0.2) is 6.61 Å². The topological polar surface area (TPSA) is 38.3 Å². The molecule has 0 atom stereocenters. The number of rotatable bonds is 6. The molecule has 0 aliphatic carbocycles. The monoisotopic (exact) mass is 267 g/mol. The number of amides is 1. The molecule has 0 saturated heterocycles. The molecule has 17 heavy (non-hydrogen) atoms. The fourth-order valence-electron chi connectivity index (χ4n) is 1.13. The van der Waals surface area contributed by atoms with Crippen molar-refractivity contribution < 1.29 is 22.8 Å². The van der Waals surface area contributed by atoms with Crippen LogP contribution < -0.4 is 5.48 Å². The Labute approximate surface area is 101 Å². The van der Waals surface area contributed by atoms with Crippen LogP contribution in [0.4, 0.5) is 13.2 Å². The van der Waals surface area contributed by atoms with Gasteiger partial charge >= 0.3 is 6.18 Å². The zero-order valence-corrected chi connectivity index (χ0v) is 9.74. The molecule has 0 aromatic carbocycles. The summed E-state index contributed by atoms with van der Waals surface area (Å²) in [5.41, 5.74) is 1.76. The number of nitrogens with one attached hydrogen (secondary N) is 1. The quantitative estimate of drug-likeness (QED) is 0.805. The van der Waals surface area contributed by atoms with Gasteiger partial charge in [-0.2, -0.15) is 13.2 Å². The highest BCUT2D eigenvalue weighted by Crippen LogP contribution is 2.14. The summed E-state index contributed by atoms with van der Waals surface area (Å²) >= 11 is 1.58. The lowest BCUT2D eigenvalue weighted by molar-refractivity contribution is -0.191. The second-order valence-corrected chi connectivity index (χ2v) is 4.39. The van der Waals surface area contributed by atoms with E-state index in [2.05, 4.69) is 4.84 Å². The Morgan fingerprint density at radius 2 is 2.24 bits per heavy atom. The minimum Gasteiger partial charge on any atom is -0.273 e. The number of halogens is 3. The van der Waals surface area contributed by atoms with Crippen LogP contribution in [0.15, 0.2) is 17.5 Å². The third-order valence-electron chi connectivity index (χ3n) is 1.83. The lowest BCUT2D eigenvalue weighted by Crippen LogP contribution is -2.29. The average molecular weight is 267 g/mol. The smallest absolute Gasteiger partial charge is 0.273 e. The van der Waals surface area contributed by atoms with Gasteiger partial charge in [0.05, 0.1) is 0 Å². The Bertz CT molecular complexity index is 338. The molecule has 1 heterocycles. The predicted molar refractivity (Wildman–Crippen MR) is 57.4 cm³/mol. The van der Waals surface area contributed by atoms with Crippen LogP contribution in [0.25, 0.3) is 0 Å². The second kappa shape index (κ2) is 6.61. The molecule has 7 heteroatoms. The average Bonchev–Trinajstić information content (AvgIpc) is 2.68. The molecule has 0 radical (unpaired) electrons. The molecular weight excluding hydrogens is 255 g/mol. The van der Waals surface area contributed by atoms with Crippen LogP contribution in [0.3, 0.4) is 0 Å². The fraction of sp³-hybridized carbons (Fsp3) is 0.500. The van der Waals surface area contributed by atoms with E-state index >= 15 is 0 Å². The van der Waals surface area contributed by atoms with Crippen LogP contribution in [0, 0.1) is 0 Å².